The van der Waals surface area contributed by atoms with Gasteiger partial charge in [0.15, 0.2) is 0 Å². The molecule has 3 aromatic rings. The van der Waals surface area contributed by atoms with Gasteiger partial charge in [-0.15, -0.1) is 0 Å². The minimum absolute atomic E-state index is 0.125. The Kier molecular flexibility index (Phi) is 3.39. The molecule has 0 radical (unpaired) electrons. The van der Waals surface area contributed by atoms with Gasteiger partial charge in [0.1, 0.15) is 11.5 Å². The monoisotopic (exact) mass is 283 g/mol. The Balaban J connectivity index is 1.88. The van der Waals surface area contributed by atoms with Crippen molar-refractivity contribution in [2.24, 2.45) is 0 Å². The Morgan fingerprint density at radius 2 is 2.10 bits per heavy atom. The highest BCUT2D eigenvalue weighted by Gasteiger charge is 2.03. The second-order valence-electron chi connectivity index (χ2n) is 4.88. The van der Waals surface area contributed by atoms with Crippen LogP contribution < -0.4 is 10.9 Å². The zero-order valence-corrected chi connectivity index (χ0v) is 11.5. The number of aromatic nitrogens is 2. The van der Waals surface area contributed by atoms with Gasteiger partial charge in [-0.3, -0.25) is 9.20 Å². The van der Waals surface area contributed by atoms with Gasteiger partial charge in [-0.2, -0.15) is 0 Å². The molecule has 0 unspecified atom stereocenters. The number of hydrogen-bond acceptors (Lipinski definition) is 3. The molecule has 0 aliphatic carbocycles. The minimum atomic E-state index is -0.304. The van der Waals surface area contributed by atoms with Crippen molar-refractivity contribution in [3.05, 3.63) is 76.1 Å². The molecule has 0 bridgehead atoms. The molecule has 106 valence electrons. The van der Waals surface area contributed by atoms with Crippen molar-refractivity contribution in [3.63, 3.8) is 0 Å². The van der Waals surface area contributed by atoms with Crippen LogP contribution >= 0.6 is 0 Å². The molecule has 0 fully saturated rings. The summed E-state index contributed by atoms with van der Waals surface area (Å²) in [6.45, 7) is 2.29. The fraction of sp³-hybridized carbons (Fsp3) is 0.125. The van der Waals surface area contributed by atoms with Crippen LogP contribution in [0.2, 0.25) is 0 Å². The predicted molar refractivity (Wildman–Crippen MR) is 79.9 cm³/mol. The van der Waals surface area contributed by atoms with E-state index in [1.807, 2.05) is 19.1 Å². The van der Waals surface area contributed by atoms with Gasteiger partial charge in [0.05, 0.1) is 12.2 Å². The standard InChI is InChI=1S/C16H14FN3O/c1-11-5-6-15-19-14(8-16(21)20(15)10-11)9-18-13-4-2-3-12(17)7-13/h2-8,10,18H,9H2,1H3. The van der Waals surface area contributed by atoms with E-state index in [-0.39, 0.29) is 11.4 Å². The molecule has 0 atom stereocenters. The lowest BCUT2D eigenvalue weighted by Gasteiger charge is -2.07. The van der Waals surface area contributed by atoms with Crippen LogP contribution in [0.15, 0.2) is 53.5 Å². The third-order valence-corrected chi connectivity index (χ3v) is 3.16. The van der Waals surface area contributed by atoms with Crippen LogP contribution in [0.4, 0.5) is 10.1 Å². The molecule has 1 aromatic carbocycles. The molecule has 0 aliphatic heterocycles. The van der Waals surface area contributed by atoms with Crippen LogP contribution in [-0.4, -0.2) is 9.38 Å². The molecule has 0 aliphatic rings. The Hall–Kier alpha value is -2.69. The van der Waals surface area contributed by atoms with E-state index in [1.54, 1.807) is 18.3 Å². The number of halogens is 1. The molecular formula is C16H14FN3O. The van der Waals surface area contributed by atoms with Crippen LogP contribution in [-0.2, 0) is 6.54 Å². The fourth-order valence-electron chi connectivity index (χ4n) is 2.14. The van der Waals surface area contributed by atoms with Gasteiger partial charge in [0.25, 0.3) is 5.56 Å². The number of nitrogens with zero attached hydrogens (tertiary/aromatic N) is 2. The first-order valence-electron chi connectivity index (χ1n) is 6.60. The number of pyridine rings is 1. The number of rotatable bonds is 3. The van der Waals surface area contributed by atoms with Crippen molar-refractivity contribution < 1.29 is 4.39 Å². The maximum Gasteiger partial charge on any atom is 0.258 e. The average molecular weight is 283 g/mol. The molecule has 5 heteroatoms. The number of aryl methyl sites for hydroxylation is 1. The maximum absolute atomic E-state index is 13.1. The van der Waals surface area contributed by atoms with Crippen LogP contribution in [0.1, 0.15) is 11.3 Å². The molecule has 4 nitrogen and oxygen atoms in total. The summed E-state index contributed by atoms with van der Waals surface area (Å²) >= 11 is 0. The van der Waals surface area contributed by atoms with E-state index in [0.717, 1.165) is 5.56 Å². The lowest BCUT2D eigenvalue weighted by molar-refractivity contribution is 0.628. The molecule has 2 aromatic heterocycles. The highest BCUT2D eigenvalue weighted by molar-refractivity contribution is 5.44. The van der Waals surface area contributed by atoms with Crippen LogP contribution in [0.3, 0.4) is 0 Å². The number of fused-ring (bicyclic) bond motifs is 1. The predicted octanol–water partition coefficient (Wildman–Crippen LogP) is 2.75. The summed E-state index contributed by atoms with van der Waals surface area (Å²) in [5.74, 6) is -0.304. The SMILES string of the molecule is Cc1ccc2nc(CNc3cccc(F)c3)cc(=O)n2c1. The Labute approximate surface area is 120 Å². The van der Waals surface area contributed by atoms with Gasteiger partial charge in [0, 0.05) is 18.0 Å². The number of nitrogens with one attached hydrogen (secondary N) is 1. The summed E-state index contributed by atoms with van der Waals surface area (Å²) in [7, 11) is 0. The second kappa shape index (κ2) is 5.36. The van der Waals surface area contributed by atoms with Gasteiger partial charge in [-0.1, -0.05) is 12.1 Å². The van der Waals surface area contributed by atoms with Crippen molar-refractivity contribution in [3.8, 4) is 0 Å². The molecule has 21 heavy (non-hydrogen) atoms. The molecule has 0 spiro atoms. The van der Waals surface area contributed by atoms with Crippen molar-refractivity contribution in [2.45, 2.75) is 13.5 Å². The van der Waals surface area contributed by atoms with Crippen molar-refractivity contribution in [1.82, 2.24) is 9.38 Å². The van der Waals surface area contributed by atoms with E-state index in [9.17, 15) is 9.18 Å². The van der Waals surface area contributed by atoms with E-state index in [0.29, 0.717) is 23.6 Å². The average Bonchev–Trinajstić information content (AvgIpc) is 2.46. The normalized spacial score (nSPS) is 10.8. The van der Waals surface area contributed by atoms with Gasteiger partial charge in [-0.05, 0) is 36.8 Å². The Bertz CT molecular complexity index is 858. The molecule has 2 heterocycles. The third-order valence-electron chi connectivity index (χ3n) is 3.16. The maximum atomic E-state index is 13.1. The number of benzene rings is 1. The summed E-state index contributed by atoms with van der Waals surface area (Å²) in [6, 6.07) is 11.4. The van der Waals surface area contributed by atoms with E-state index in [4.69, 9.17) is 0 Å². The summed E-state index contributed by atoms with van der Waals surface area (Å²) in [6.07, 6.45) is 1.76. The van der Waals surface area contributed by atoms with Gasteiger partial charge >= 0.3 is 0 Å². The second-order valence-corrected chi connectivity index (χ2v) is 4.88. The Morgan fingerprint density at radius 3 is 2.90 bits per heavy atom. The van der Waals surface area contributed by atoms with Crippen molar-refractivity contribution >= 4 is 11.3 Å². The quantitative estimate of drug-likeness (QED) is 0.804. The third kappa shape index (κ3) is 2.91. The summed E-state index contributed by atoms with van der Waals surface area (Å²) in [5.41, 5.74) is 2.75. The molecule has 1 N–H and O–H groups in total. The fourth-order valence-corrected chi connectivity index (χ4v) is 2.14. The molecule has 0 saturated heterocycles. The molecule has 0 amide bonds. The first-order chi connectivity index (χ1) is 10.1. The summed E-state index contributed by atoms with van der Waals surface area (Å²) in [5, 5.41) is 3.05. The van der Waals surface area contributed by atoms with E-state index < -0.39 is 0 Å². The number of anilines is 1. The van der Waals surface area contributed by atoms with Crippen LogP contribution in [0.5, 0.6) is 0 Å². The number of hydrogen-bond donors (Lipinski definition) is 1. The first-order valence-corrected chi connectivity index (χ1v) is 6.60. The van der Waals surface area contributed by atoms with Gasteiger partial charge in [-0.25, -0.2) is 9.37 Å². The summed E-state index contributed by atoms with van der Waals surface area (Å²) in [4.78, 5) is 16.5. The van der Waals surface area contributed by atoms with Crippen LogP contribution in [0, 0.1) is 12.7 Å². The van der Waals surface area contributed by atoms with Gasteiger partial charge < -0.3 is 5.32 Å². The molecular weight excluding hydrogens is 269 g/mol. The lowest BCUT2D eigenvalue weighted by atomic mass is 10.3. The van der Waals surface area contributed by atoms with Crippen LogP contribution in [0.25, 0.3) is 5.65 Å². The highest BCUT2D eigenvalue weighted by atomic mass is 19.1. The molecule has 3 rings (SSSR count). The topological polar surface area (TPSA) is 46.4 Å². The lowest BCUT2D eigenvalue weighted by Crippen LogP contribution is -2.17. The Morgan fingerprint density at radius 1 is 1.24 bits per heavy atom. The van der Waals surface area contributed by atoms with E-state index in [2.05, 4.69) is 10.3 Å². The van der Waals surface area contributed by atoms with Gasteiger partial charge in [0.2, 0.25) is 0 Å². The first kappa shape index (κ1) is 13.3. The van der Waals surface area contributed by atoms with Crippen molar-refractivity contribution in [2.75, 3.05) is 5.32 Å². The summed E-state index contributed by atoms with van der Waals surface area (Å²) < 4.78 is 14.6. The zero-order chi connectivity index (χ0) is 14.8. The minimum Gasteiger partial charge on any atom is -0.379 e. The highest BCUT2D eigenvalue weighted by Crippen LogP contribution is 2.10. The van der Waals surface area contributed by atoms with E-state index >= 15 is 0 Å². The zero-order valence-electron chi connectivity index (χ0n) is 11.5. The largest absolute Gasteiger partial charge is 0.379 e. The smallest absolute Gasteiger partial charge is 0.258 e. The van der Waals surface area contributed by atoms with Crippen molar-refractivity contribution in [1.29, 1.82) is 0 Å². The molecule has 0 saturated carbocycles. The van der Waals surface area contributed by atoms with E-state index in [1.165, 1.54) is 22.6 Å².